The number of pyridine rings is 1. The van der Waals surface area contributed by atoms with E-state index in [0.717, 1.165) is 6.07 Å². The van der Waals surface area contributed by atoms with Crippen LogP contribution in [-0.4, -0.2) is 22.1 Å². The molecule has 0 bridgehead atoms. The second-order valence-electron chi connectivity index (χ2n) is 4.15. The Bertz CT molecular complexity index is 412. The van der Waals surface area contributed by atoms with Gasteiger partial charge in [0.15, 0.2) is 11.6 Å². The Balaban J connectivity index is 2.82. The first-order valence-electron chi connectivity index (χ1n) is 5.20. The van der Waals surface area contributed by atoms with Gasteiger partial charge < -0.3 is 10.4 Å². The summed E-state index contributed by atoms with van der Waals surface area (Å²) in [4.78, 5) is 14.7. The normalized spacial score (nSPS) is 12.5. The van der Waals surface area contributed by atoms with Gasteiger partial charge in [0.05, 0.1) is 5.02 Å². The van der Waals surface area contributed by atoms with Gasteiger partial charge in [-0.25, -0.2) is 14.2 Å². The highest BCUT2D eigenvalue weighted by atomic mass is 35.5. The molecule has 0 radical (unpaired) electrons. The molecule has 17 heavy (non-hydrogen) atoms. The van der Waals surface area contributed by atoms with Crippen molar-refractivity contribution in [1.29, 1.82) is 0 Å². The first kappa shape index (κ1) is 13.7. The Hall–Kier alpha value is -1.36. The molecule has 2 N–H and O–H groups in total. The minimum absolute atomic E-state index is 0.0950. The number of carboxylic acid groups (broad SMARTS) is 1. The summed E-state index contributed by atoms with van der Waals surface area (Å²) >= 11 is 5.55. The van der Waals surface area contributed by atoms with E-state index < -0.39 is 17.8 Å². The van der Waals surface area contributed by atoms with Crippen molar-refractivity contribution in [2.75, 3.05) is 5.32 Å². The minimum atomic E-state index is -1.03. The van der Waals surface area contributed by atoms with Crippen LogP contribution in [0.1, 0.15) is 20.3 Å². The Morgan fingerprint density at radius 1 is 1.65 bits per heavy atom. The molecular weight excluding hydrogens is 247 g/mol. The molecule has 0 aromatic carbocycles. The van der Waals surface area contributed by atoms with Crippen molar-refractivity contribution in [2.24, 2.45) is 5.92 Å². The van der Waals surface area contributed by atoms with Gasteiger partial charge in [0, 0.05) is 6.20 Å². The molecule has 0 aliphatic heterocycles. The average molecular weight is 261 g/mol. The number of nitrogens with zero attached hydrogens (tertiary/aromatic N) is 1. The number of hydrogen-bond donors (Lipinski definition) is 2. The van der Waals surface area contributed by atoms with E-state index in [1.54, 1.807) is 0 Å². The standard InChI is InChI=1S/C11H14ClFN2O2/c1-6(2)3-9(11(16)17)15-10-8(13)4-7(12)5-14-10/h4-6,9H,3H2,1-2H3,(H,14,15)(H,16,17)/t9-/m1/s1. The molecule has 0 unspecified atom stereocenters. The lowest BCUT2D eigenvalue weighted by Crippen LogP contribution is -2.31. The third-order valence-electron chi connectivity index (χ3n) is 2.12. The fourth-order valence-corrected chi connectivity index (χ4v) is 1.52. The molecule has 0 saturated carbocycles. The quantitative estimate of drug-likeness (QED) is 0.855. The predicted molar refractivity (Wildman–Crippen MR) is 63.7 cm³/mol. The van der Waals surface area contributed by atoms with Crippen LogP contribution in [-0.2, 0) is 4.79 Å². The zero-order valence-electron chi connectivity index (χ0n) is 9.58. The van der Waals surface area contributed by atoms with Crippen molar-refractivity contribution in [1.82, 2.24) is 4.98 Å². The average Bonchev–Trinajstić information content (AvgIpc) is 2.19. The molecule has 1 heterocycles. The predicted octanol–water partition coefficient (Wildman–Crippen LogP) is 2.79. The van der Waals surface area contributed by atoms with Gasteiger partial charge >= 0.3 is 5.97 Å². The van der Waals surface area contributed by atoms with Crippen LogP contribution in [0.25, 0.3) is 0 Å². The second-order valence-corrected chi connectivity index (χ2v) is 4.59. The maximum Gasteiger partial charge on any atom is 0.326 e. The molecule has 4 nitrogen and oxygen atoms in total. The highest BCUT2D eigenvalue weighted by Crippen LogP contribution is 2.18. The zero-order chi connectivity index (χ0) is 13.0. The molecule has 6 heteroatoms. The number of nitrogens with one attached hydrogen (secondary N) is 1. The van der Waals surface area contributed by atoms with Crippen LogP contribution in [0, 0.1) is 11.7 Å². The van der Waals surface area contributed by atoms with Crippen LogP contribution >= 0.6 is 11.6 Å². The molecule has 94 valence electrons. The lowest BCUT2D eigenvalue weighted by atomic mass is 10.0. The molecule has 1 aromatic heterocycles. The van der Waals surface area contributed by atoms with Crippen LogP contribution in [0.5, 0.6) is 0 Å². The fourth-order valence-electron chi connectivity index (χ4n) is 1.38. The van der Waals surface area contributed by atoms with Crippen molar-refractivity contribution in [3.8, 4) is 0 Å². The molecule has 0 fully saturated rings. The summed E-state index contributed by atoms with van der Waals surface area (Å²) in [5.74, 6) is -1.61. The molecule has 0 amide bonds. The van der Waals surface area contributed by atoms with E-state index in [9.17, 15) is 9.18 Å². The molecular formula is C11H14ClFN2O2. The summed E-state index contributed by atoms with van der Waals surface area (Å²) in [6, 6.07) is 0.226. The van der Waals surface area contributed by atoms with Gasteiger partial charge in [-0.3, -0.25) is 0 Å². The van der Waals surface area contributed by atoms with Gasteiger partial charge in [0.2, 0.25) is 0 Å². The minimum Gasteiger partial charge on any atom is -0.480 e. The lowest BCUT2D eigenvalue weighted by Gasteiger charge is -2.17. The van der Waals surface area contributed by atoms with Crippen molar-refractivity contribution >= 4 is 23.4 Å². The Morgan fingerprint density at radius 3 is 2.76 bits per heavy atom. The molecule has 1 rings (SSSR count). The highest BCUT2D eigenvalue weighted by Gasteiger charge is 2.20. The smallest absolute Gasteiger partial charge is 0.326 e. The van der Waals surface area contributed by atoms with Crippen LogP contribution in [0.4, 0.5) is 10.2 Å². The fraction of sp³-hybridized carbons (Fsp3) is 0.455. The maximum atomic E-state index is 13.4. The van der Waals surface area contributed by atoms with E-state index in [1.807, 2.05) is 13.8 Å². The van der Waals surface area contributed by atoms with E-state index in [1.165, 1.54) is 6.20 Å². The van der Waals surface area contributed by atoms with E-state index >= 15 is 0 Å². The lowest BCUT2D eigenvalue weighted by molar-refractivity contribution is -0.138. The van der Waals surface area contributed by atoms with Crippen LogP contribution in [0.3, 0.4) is 0 Å². The highest BCUT2D eigenvalue weighted by molar-refractivity contribution is 6.30. The molecule has 0 saturated heterocycles. The first-order valence-corrected chi connectivity index (χ1v) is 5.58. The first-order chi connectivity index (χ1) is 7.90. The molecule has 0 aliphatic rings. The largest absolute Gasteiger partial charge is 0.480 e. The second kappa shape index (κ2) is 5.82. The number of rotatable bonds is 5. The SMILES string of the molecule is CC(C)C[C@@H](Nc1ncc(Cl)cc1F)C(=O)O. The van der Waals surface area contributed by atoms with Gasteiger partial charge in [-0.15, -0.1) is 0 Å². The Morgan fingerprint density at radius 2 is 2.29 bits per heavy atom. The summed E-state index contributed by atoms with van der Waals surface area (Å²) in [5, 5.41) is 11.7. The van der Waals surface area contributed by atoms with Gasteiger partial charge in [-0.1, -0.05) is 25.4 Å². The van der Waals surface area contributed by atoms with Crippen LogP contribution < -0.4 is 5.32 Å². The summed E-state index contributed by atoms with van der Waals surface area (Å²) in [7, 11) is 0. The van der Waals surface area contributed by atoms with E-state index in [4.69, 9.17) is 16.7 Å². The molecule has 0 aliphatic carbocycles. The molecule has 0 spiro atoms. The number of aliphatic carboxylic acids is 1. The van der Waals surface area contributed by atoms with Gasteiger partial charge in [0.25, 0.3) is 0 Å². The summed E-state index contributed by atoms with van der Waals surface area (Å²) in [6.45, 7) is 3.78. The Labute approximate surface area is 104 Å². The van der Waals surface area contributed by atoms with E-state index in [-0.39, 0.29) is 16.8 Å². The van der Waals surface area contributed by atoms with Gasteiger partial charge in [-0.05, 0) is 18.4 Å². The number of hydrogen-bond acceptors (Lipinski definition) is 3. The summed E-state index contributed by atoms with van der Waals surface area (Å²) in [5.41, 5.74) is 0. The van der Waals surface area contributed by atoms with Crippen molar-refractivity contribution in [3.63, 3.8) is 0 Å². The van der Waals surface area contributed by atoms with E-state index in [2.05, 4.69) is 10.3 Å². The zero-order valence-corrected chi connectivity index (χ0v) is 10.3. The maximum absolute atomic E-state index is 13.4. The number of carboxylic acids is 1. The van der Waals surface area contributed by atoms with E-state index in [0.29, 0.717) is 6.42 Å². The number of carbonyl (C=O) groups is 1. The monoisotopic (exact) mass is 260 g/mol. The Kier molecular flexibility index (Phi) is 4.69. The van der Waals surface area contributed by atoms with Crippen molar-refractivity contribution in [2.45, 2.75) is 26.3 Å². The topological polar surface area (TPSA) is 62.2 Å². The third kappa shape index (κ3) is 4.19. The van der Waals surface area contributed by atoms with Gasteiger partial charge in [0.1, 0.15) is 6.04 Å². The number of anilines is 1. The van der Waals surface area contributed by atoms with Crippen molar-refractivity contribution in [3.05, 3.63) is 23.1 Å². The van der Waals surface area contributed by atoms with Crippen molar-refractivity contribution < 1.29 is 14.3 Å². The van der Waals surface area contributed by atoms with Crippen LogP contribution in [0.2, 0.25) is 5.02 Å². The van der Waals surface area contributed by atoms with Crippen LogP contribution in [0.15, 0.2) is 12.3 Å². The molecule has 1 atom stereocenters. The van der Waals surface area contributed by atoms with Gasteiger partial charge in [-0.2, -0.15) is 0 Å². The third-order valence-corrected chi connectivity index (χ3v) is 2.33. The summed E-state index contributed by atoms with van der Waals surface area (Å²) in [6.07, 6.45) is 1.65. The number of aromatic nitrogens is 1. The molecule has 1 aromatic rings. The summed E-state index contributed by atoms with van der Waals surface area (Å²) < 4.78 is 13.4. The number of halogens is 2.